The van der Waals surface area contributed by atoms with Crippen molar-refractivity contribution in [2.45, 2.75) is 25.7 Å². The van der Waals surface area contributed by atoms with Crippen LogP contribution in [0.1, 0.15) is 31.2 Å². The van der Waals surface area contributed by atoms with Crippen LogP contribution in [0.15, 0.2) is 18.3 Å². The number of aromatic nitrogens is 1. The highest BCUT2D eigenvalue weighted by Gasteiger charge is 2.33. The van der Waals surface area contributed by atoms with Crippen molar-refractivity contribution >= 4 is 5.82 Å². The van der Waals surface area contributed by atoms with Crippen molar-refractivity contribution in [3.05, 3.63) is 23.9 Å². The lowest BCUT2D eigenvalue weighted by Gasteiger charge is -2.28. The molecule has 0 aliphatic heterocycles. The fourth-order valence-corrected chi connectivity index (χ4v) is 2.68. The van der Waals surface area contributed by atoms with Crippen LogP contribution in [0.5, 0.6) is 0 Å². The smallest absolute Gasteiger partial charge is 0.127 e. The highest BCUT2D eigenvalue weighted by Crippen LogP contribution is 2.38. The number of rotatable bonds is 5. The largest absolute Gasteiger partial charge is 0.384 e. The Labute approximate surface area is 108 Å². The van der Waals surface area contributed by atoms with Gasteiger partial charge in [-0.25, -0.2) is 4.98 Å². The SMILES string of the molecule is COCC1(CNc2cc(C#N)ccn2)CCCC1. The van der Waals surface area contributed by atoms with E-state index in [9.17, 15) is 0 Å². The Hall–Kier alpha value is -1.60. The van der Waals surface area contributed by atoms with Crippen LogP contribution in [0.2, 0.25) is 0 Å². The van der Waals surface area contributed by atoms with Gasteiger partial charge in [0.2, 0.25) is 0 Å². The average Bonchev–Trinajstić information content (AvgIpc) is 2.86. The van der Waals surface area contributed by atoms with Crippen LogP contribution in [0.3, 0.4) is 0 Å². The van der Waals surface area contributed by atoms with Crippen LogP contribution in [-0.4, -0.2) is 25.2 Å². The number of methoxy groups -OCH3 is 1. The molecule has 1 saturated carbocycles. The minimum atomic E-state index is 0.235. The van der Waals surface area contributed by atoms with Gasteiger partial charge in [0.1, 0.15) is 5.82 Å². The molecule has 96 valence electrons. The van der Waals surface area contributed by atoms with Crippen LogP contribution >= 0.6 is 0 Å². The molecule has 0 saturated heterocycles. The number of ether oxygens (including phenoxy) is 1. The molecular weight excluding hydrogens is 226 g/mol. The standard InChI is InChI=1S/C14H19N3O/c1-18-11-14(5-2-3-6-14)10-17-13-8-12(9-15)4-7-16-13/h4,7-8H,2-3,5-6,10-11H2,1H3,(H,16,17). The first kappa shape index (κ1) is 12.8. The van der Waals surface area contributed by atoms with E-state index < -0.39 is 0 Å². The molecule has 0 unspecified atom stereocenters. The third kappa shape index (κ3) is 2.99. The van der Waals surface area contributed by atoms with Crippen LogP contribution in [0.4, 0.5) is 5.82 Å². The number of nitrogens with one attached hydrogen (secondary N) is 1. The predicted molar refractivity (Wildman–Crippen MR) is 70.2 cm³/mol. The minimum Gasteiger partial charge on any atom is -0.384 e. The summed E-state index contributed by atoms with van der Waals surface area (Å²) < 4.78 is 5.35. The number of nitriles is 1. The van der Waals surface area contributed by atoms with Crippen molar-refractivity contribution in [1.29, 1.82) is 5.26 Å². The van der Waals surface area contributed by atoms with Gasteiger partial charge in [-0.1, -0.05) is 12.8 Å². The van der Waals surface area contributed by atoms with Crippen molar-refractivity contribution in [2.75, 3.05) is 25.6 Å². The summed E-state index contributed by atoms with van der Waals surface area (Å²) in [4.78, 5) is 4.24. The molecule has 0 atom stereocenters. The second-order valence-corrected chi connectivity index (χ2v) is 5.04. The summed E-state index contributed by atoms with van der Waals surface area (Å²) in [7, 11) is 1.76. The molecule has 0 aromatic carbocycles. The summed E-state index contributed by atoms with van der Waals surface area (Å²) in [6.45, 7) is 1.65. The molecule has 18 heavy (non-hydrogen) atoms. The van der Waals surface area contributed by atoms with Crippen LogP contribution in [-0.2, 0) is 4.74 Å². The van der Waals surface area contributed by atoms with Gasteiger partial charge in [-0.05, 0) is 25.0 Å². The second kappa shape index (κ2) is 5.83. The molecule has 0 bridgehead atoms. The Morgan fingerprint density at radius 1 is 1.50 bits per heavy atom. The number of hydrogen-bond donors (Lipinski definition) is 1. The molecule has 1 aromatic heterocycles. The number of pyridine rings is 1. The maximum atomic E-state index is 8.85. The first-order valence-corrected chi connectivity index (χ1v) is 6.37. The summed E-state index contributed by atoms with van der Waals surface area (Å²) in [5, 5.41) is 12.2. The fraction of sp³-hybridized carbons (Fsp3) is 0.571. The maximum Gasteiger partial charge on any atom is 0.127 e. The van der Waals surface area contributed by atoms with Crippen LogP contribution in [0.25, 0.3) is 0 Å². The summed E-state index contributed by atoms with van der Waals surface area (Å²) in [5.41, 5.74) is 0.874. The lowest BCUT2D eigenvalue weighted by molar-refractivity contribution is 0.0923. The molecule has 4 nitrogen and oxygen atoms in total. The van der Waals surface area contributed by atoms with E-state index in [1.165, 1.54) is 25.7 Å². The quantitative estimate of drug-likeness (QED) is 0.866. The zero-order valence-electron chi connectivity index (χ0n) is 10.8. The first-order chi connectivity index (χ1) is 8.78. The third-order valence-electron chi connectivity index (χ3n) is 3.65. The fourth-order valence-electron chi connectivity index (χ4n) is 2.68. The minimum absolute atomic E-state index is 0.235. The van der Waals surface area contributed by atoms with Crippen molar-refractivity contribution in [2.24, 2.45) is 5.41 Å². The Morgan fingerprint density at radius 2 is 2.28 bits per heavy atom. The van der Waals surface area contributed by atoms with E-state index in [1.807, 2.05) is 0 Å². The van der Waals surface area contributed by atoms with Crippen LogP contribution in [0, 0.1) is 16.7 Å². The number of hydrogen-bond acceptors (Lipinski definition) is 4. The van der Waals surface area contributed by atoms with E-state index in [1.54, 1.807) is 25.4 Å². The lowest BCUT2D eigenvalue weighted by Crippen LogP contribution is -2.31. The van der Waals surface area contributed by atoms with Gasteiger partial charge < -0.3 is 10.1 Å². The summed E-state index contributed by atoms with van der Waals surface area (Å²) in [6, 6.07) is 5.63. The van der Waals surface area contributed by atoms with Crippen molar-refractivity contribution in [1.82, 2.24) is 4.98 Å². The molecule has 0 spiro atoms. The molecule has 1 aliphatic rings. The number of anilines is 1. The van der Waals surface area contributed by atoms with Gasteiger partial charge in [0.15, 0.2) is 0 Å². The van der Waals surface area contributed by atoms with Crippen molar-refractivity contribution in [3.63, 3.8) is 0 Å². The van der Waals surface area contributed by atoms with E-state index in [2.05, 4.69) is 16.4 Å². The second-order valence-electron chi connectivity index (χ2n) is 5.04. The van der Waals surface area contributed by atoms with E-state index in [0.29, 0.717) is 5.56 Å². The highest BCUT2D eigenvalue weighted by molar-refractivity contribution is 5.42. The van der Waals surface area contributed by atoms with E-state index in [0.717, 1.165) is 19.0 Å². The maximum absolute atomic E-state index is 8.85. The van der Waals surface area contributed by atoms with E-state index >= 15 is 0 Å². The summed E-state index contributed by atoms with van der Waals surface area (Å²) in [5.74, 6) is 0.774. The van der Waals surface area contributed by atoms with Crippen molar-refractivity contribution in [3.8, 4) is 6.07 Å². The normalized spacial score (nSPS) is 17.3. The Balaban J connectivity index is 1.99. The molecule has 1 fully saturated rings. The Morgan fingerprint density at radius 3 is 2.94 bits per heavy atom. The van der Waals surface area contributed by atoms with Crippen molar-refractivity contribution < 1.29 is 4.74 Å². The van der Waals surface area contributed by atoms with E-state index in [4.69, 9.17) is 10.00 Å². The average molecular weight is 245 g/mol. The molecule has 0 radical (unpaired) electrons. The van der Waals surface area contributed by atoms with Gasteiger partial charge in [0.05, 0.1) is 18.2 Å². The monoisotopic (exact) mass is 245 g/mol. The van der Waals surface area contributed by atoms with Crippen LogP contribution < -0.4 is 5.32 Å². The predicted octanol–water partition coefficient (Wildman–Crippen LogP) is 2.57. The summed E-state index contributed by atoms with van der Waals surface area (Å²) >= 11 is 0. The van der Waals surface area contributed by atoms with Gasteiger partial charge >= 0.3 is 0 Å². The topological polar surface area (TPSA) is 57.9 Å². The molecule has 1 heterocycles. The lowest BCUT2D eigenvalue weighted by atomic mass is 9.87. The molecule has 1 aliphatic carbocycles. The molecule has 1 aromatic rings. The first-order valence-electron chi connectivity index (χ1n) is 6.37. The van der Waals surface area contributed by atoms with Gasteiger partial charge in [0.25, 0.3) is 0 Å². The third-order valence-corrected chi connectivity index (χ3v) is 3.65. The molecule has 2 rings (SSSR count). The zero-order chi connectivity index (χ0) is 12.8. The van der Waals surface area contributed by atoms with Gasteiger partial charge in [0, 0.05) is 25.3 Å². The highest BCUT2D eigenvalue weighted by atomic mass is 16.5. The molecule has 4 heteroatoms. The molecule has 1 N–H and O–H groups in total. The molecular formula is C14H19N3O. The van der Waals surface area contributed by atoms with Gasteiger partial charge in [-0.2, -0.15) is 5.26 Å². The van der Waals surface area contributed by atoms with Gasteiger partial charge in [-0.3, -0.25) is 0 Å². The summed E-state index contributed by atoms with van der Waals surface area (Å²) in [6.07, 6.45) is 6.61. The zero-order valence-corrected chi connectivity index (χ0v) is 10.8. The number of nitrogens with zero attached hydrogens (tertiary/aromatic N) is 2. The van der Waals surface area contributed by atoms with Gasteiger partial charge in [-0.15, -0.1) is 0 Å². The Kier molecular flexibility index (Phi) is 4.16. The Bertz CT molecular complexity index is 433. The molecule has 0 amide bonds. The van der Waals surface area contributed by atoms with E-state index in [-0.39, 0.29) is 5.41 Å².